The van der Waals surface area contributed by atoms with Crippen LogP contribution in [0.5, 0.6) is 0 Å². The Balaban J connectivity index is 1.57. The minimum absolute atomic E-state index is 0.490. The summed E-state index contributed by atoms with van der Waals surface area (Å²) >= 11 is 0. The summed E-state index contributed by atoms with van der Waals surface area (Å²) in [7, 11) is 0. The maximum absolute atomic E-state index is 12.1. The fourth-order valence-corrected chi connectivity index (χ4v) is 2.94. The maximum Gasteiger partial charge on any atom is 0.435 e. The molecule has 28 heavy (non-hydrogen) atoms. The number of benzene rings is 1. The van der Waals surface area contributed by atoms with Crippen LogP contribution in [0.3, 0.4) is 0 Å². The number of rotatable bonds is 2. The Labute approximate surface area is 163 Å². The predicted octanol–water partition coefficient (Wildman–Crippen LogP) is 4.96. The molecule has 0 spiro atoms. The van der Waals surface area contributed by atoms with Crippen LogP contribution < -0.4 is 0 Å². The van der Waals surface area contributed by atoms with Crippen LogP contribution in [0.2, 0.25) is 0 Å². The van der Waals surface area contributed by atoms with Crippen LogP contribution >= 0.6 is 0 Å². The molecule has 4 rings (SSSR count). The van der Waals surface area contributed by atoms with Crippen molar-refractivity contribution in [3.8, 4) is 22.5 Å². The quantitative estimate of drug-likeness (QED) is 0.498. The number of hydrogen-bond donors (Lipinski definition) is 0. The Hall–Kier alpha value is -3.41. The van der Waals surface area contributed by atoms with E-state index in [1.807, 2.05) is 61.7 Å². The number of nitrogens with zero attached hydrogens (tertiary/aromatic N) is 4. The van der Waals surface area contributed by atoms with E-state index >= 15 is 0 Å². The lowest BCUT2D eigenvalue weighted by Crippen LogP contribution is -2.27. The molecule has 0 unspecified atom stereocenters. The highest BCUT2D eigenvalue weighted by atomic mass is 16.6. The SMILES string of the molecule is Cc1ccc2nc(-c3ccc(-c4ccn(C(=O)OC(C)(C)C)n4)cc3)cn2c1. The van der Waals surface area contributed by atoms with E-state index in [-0.39, 0.29) is 0 Å². The van der Waals surface area contributed by atoms with Gasteiger partial charge in [0.15, 0.2) is 0 Å². The zero-order valence-electron chi connectivity index (χ0n) is 16.4. The molecule has 1 aromatic carbocycles. The van der Waals surface area contributed by atoms with Gasteiger partial charge in [-0.3, -0.25) is 0 Å². The van der Waals surface area contributed by atoms with Crippen LogP contribution in [0.1, 0.15) is 26.3 Å². The van der Waals surface area contributed by atoms with Crippen LogP contribution in [0.4, 0.5) is 4.79 Å². The Kier molecular flexibility index (Phi) is 4.26. The molecule has 0 N–H and O–H groups in total. The maximum atomic E-state index is 12.1. The molecule has 6 nitrogen and oxygen atoms in total. The lowest BCUT2D eigenvalue weighted by atomic mass is 10.1. The zero-order chi connectivity index (χ0) is 19.9. The van der Waals surface area contributed by atoms with E-state index in [9.17, 15) is 4.79 Å². The first-order valence-corrected chi connectivity index (χ1v) is 9.14. The Morgan fingerprint density at radius 1 is 0.929 bits per heavy atom. The summed E-state index contributed by atoms with van der Waals surface area (Å²) in [6, 6.07) is 13.8. The number of aromatic nitrogens is 4. The van der Waals surface area contributed by atoms with Crippen LogP contribution in [0.15, 0.2) is 61.1 Å². The van der Waals surface area contributed by atoms with E-state index in [4.69, 9.17) is 4.74 Å². The van der Waals surface area contributed by atoms with Gasteiger partial charge in [0.25, 0.3) is 0 Å². The molecule has 3 aromatic heterocycles. The summed E-state index contributed by atoms with van der Waals surface area (Å²) in [5, 5.41) is 4.33. The Morgan fingerprint density at radius 2 is 1.61 bits per heavy atom. The number of aryl methyl sites for hydroxylation is 1. The van der Waals surface area contributed by atoms with Crippen molar-refractivity contribution in [1.29, 1.82) is 0 Å². The second-order valence-electron chi connectivity index (χ2n) is 7.80. The van der Waals surface area contributed by atoms with Gasteiger partial charge in [-0.25, -0.2) is 9.78 Å². The van der Waals surface area contributed by atoms with Gasteiger partial charge in [0, 0.05) is 29.7 Å². The fraction of sp³-hybridized carbons (Fsp3) is 0.227. The van der Waals surface area contributed by atoms with E-state index in [1.165, 1.54) is 10.2 Å². The number of fused-ring (bicyclic) bond motifs is 1. The number of carbonyl (C=O) groups excluding carboxylic acids is 1. The normalized spacial score (nSPS) is 11.7. The summed E-state index contributed by atoms with van der Waals surface area (Å²) in [6.45, 7) is 7.54. The van der Waals surface area contributed by atoms with Gasteiger partial charge >= 0.3 is 6.09 Å². The molecule has 142 valence electrons. The van der Waals surface area contributed by atoms with Gasteiger partial charge in [-0.1, -0.05) is 30.3 Å². The van der Waals surface area contributed by atoms with Gasteiger partial charge in [0.2, 0.25) is 0 Å². The lowest BCUT2D eigenvalue weighted by molar-refractivity contribution is 0.0515. The van der Waals surface area contributed by atoms with Crippen LogP contribution in [-0.2, 0) is 4.74 Å². The summed E-state index contributed by atoms with van der Waals surface area (Å²) in [5.41, 5.74) is 5.12. The third-order valence-corrected chi connectivity index (χ3v) is 4.24. The van der Waals surface area contributed by atoms with Gasteiger partial charge in [-0.05, 0) is 45.4 Å². The molecule has 0 aliphatic heterocycles. The van der Waals surface area contributed by atoms with Crippen molar-refractivity contribution < 1.29 is 9.53 Å². The first-order valence-electron chi connectivity index (χ1n) is 9.14. The van der Waals surface area contributed by atoms with Gasteiger partial charge < -0.3 is 9.14 Å². The summed E-state index contributed by atoms with van der Waals surface area (Å²) in [4.78, 5) is 16.8. The van der Waals surface area contributed by atoms with Crippen LogP contribution in [-0.4, -0.2) is 30.9 Å². The van der Waals surface area contributed by atoms with E-state index in [0.717, 1.165) is 22.5 Å². The van der Waals surface area contributed by atoms with Crippen LogP contribution in [0, 0.1) is 6.92 Å². The zero-order valence-corrected chi connectivity index (χ0v) is 16.4. The highest BCUT2D eigenvalue weighted by molar-refractivity contribution is 5.72. The summed E-state index contributed by atoms with van der Waals surface area (Å²) < 4.78 is 8.59. The standard InChI is InChI=1S/C22H22N4O2/c1-15-5-10-20-23-19(14-25(20)13-15)17-8-6-16(7-9-17)18-11-12-26(24-18)21(27)28-22(2,3)4/h5-14H,1-4H3. The molecule has 0 amide bonds. The summed E-state index contributed by atoms with van der Waals surface area (Å²) in [5.74, 6) is 0. The minimum atomic E-state index is -0.558. The fourth-order valence-electron chi connectivity index (χ4n) is 2.94. The second kappa shape index (κ2) is 6.64. The topological polar surface area (TPSA) is 61.4 Å². The van der Waals surface area contributed by atoms with Gasteiger partial charge in [-0.15, -0.1) is 0 Å². The van der Waals surface area contributed by atoms with E-state index in [1.54, 1.807) is 12.3 Å². The largest absolute Gasteiger partial charge is 0.442 e. The van der Waals surface area contributed by atoms with Gasteiger partial charge in [0.05, 0.1) is 11.4 Å². The van der Waals surface area contributed by atoms with Crippen molar-refractivity contribution in [3.05, 3.63) is 66.6 Å². The third kappa shape index (κ3) is 3.67. The molecule has 4 aromatic rings. The molecule has 0 fully saturated rings. The number of pyridine rings is 1. The predicted molar refractivity (Wildman–Crippen MR) is 108 cm³/mol. The first-order chi connectivity index (χ1) is 13.3. The van der Waals surface area contributed by atoms with Crippen molar-refractivity contribution in [2.75, 3.05) is 0 Å². The average molecular weight is 374 g/mol. The van der Waals surface area contributed by atoms with E-state index in [2.05, 4.69) is 29.3 Å². The first kappa shape index (κ1) is 18.0. The van der Waals surface area contributed by atoms with Crippen molar-refractivity contribution in [1.82, 2.24) is 19.2 Å². The molecule has 3 heterocycles. The molecule has 0 saturated heterocycles. The summed E-state index contributed by atoms with van der Waals surface area (Å²) in [6.07, 6.45) is 5.20. The van der Waals surface area contributed by atoms with Crippen molar-refractivity contribution >= 4 is 11.7 Å². The molecular formula is C22H22N4O2. The van der Waals surface area contributed by atoms with Gasteiger partial charge in [0.1, 0.15) is 11.2 Å². The molecule has 6 heteroatoms. The second-order valence-corrected chi connectivity index (χ2v) is 7.80. The molecule has 0 bridgehead atoms. The minimum Gasteiger partial charge on any atom is -0.442 e. The molecule has 0 aliphatic rings. The van der Waals surface area contributed by atoms with Crippen molar-refractivity contribution in [3.63, 3.8) is 0 Å². The lowest BCUT2D eigenvalue weighted by Gasteiger charge is -2.18. The highest BCUT2D eigenvalue weighted by Crippen LogP contribution is 2.24. The Bertz CT molecular complexity index is 1150. The monoisotopic (exact) mass is 374 g/mol. The number of imidazole rings is 1. The molecule has 0 saturated carbocycles. The number of ether oxygens (including phenoxy) is 1. The van der Waals surface area contributed by atoms with Gasteiger partial charge in [-0.2, -0.15) is 9.78 Å². The van der Waals surface area contributed by atoms with E-state index < -0.39 is 11.7 Å². The molecule has 0 atom stereocenters. The third-order valence-electron chi connectivity index (χ3n) is 4.24. The number of hydrogen-bond acceptors (Lipinski definition) is 4. The average Bonchev–Trinajstić information content (AvgIpc) is 3.27. The molecular weight excluding hydrogens is 352 g/mol. The number of carbonyl (C=O) groups is 1. The highest BCUT2D eigenvalue weighted by Gasteiger charge is 2.18. The van der Waals surface area contributed by atoms with Crippen molar-refractivity contribution in [2.45, 2.75) is 33.3 Å². The molecule has 0 aliphatic carbocycles. The molecule has 0 radical (unpaired) electrons. The smallest absolute Gasteiger partial charge is 0.435 e. The van der Waals surface area contributed by atoms with E-state index in [0.29, 0.717) is 5.69 Å². The van der Waals surface area contributed by atoms with Crippen molar-refractivity contribution in [2.24, 2.45) is 0 Å². The van der Waals surface area contributed by atoms with Crippen LogP contribution in [0.25, 0.3) is 28.2 Å². The Morgan fingerprint density at radius 3 is 2.29 bits per heavy atom.